The molecule has 1 N–H and O–H groups in total. The van der Waals surface area contributed by atoms with Crippen molar-refractivity contribution in [2.45, 2.75) is 58.4 Å². The summed E-state index contributed by atoms with van der Waals surface area (Å²) >= 11 is 0. The number of carbonyl (C=O) groups excluding carboxylic acids is 1. The summed E-state index contributed by atoms with van der Waals surface area (Å²) in [4.78, 5) is 20.6. The van der Waals surface area contributed by atoms with Crippen LogP contribution in [0.4, 0.5) is 0 Å². The molecule has 1 aliphatic carbocycles. The van der Waals surface area contributed by atoms with Crippen molar-refractivity contribution in [1.82, 2.24) is 24.9 Å². The maximum absolute atomic E-state index is 12.0. The second kappa shape index (κ2) is 5.79. The molecular weight excluding hydrogens is 266 g/mol. The number of hydrogen-bond acceptors (Lipinski definition) is 4. The summed E-state index contributed by atoms with van der Waals surface area (Å²) in [5, 5.41) is 7.30. The highest BCUT2D eigenvalue weighted by Crippen LogP contribution is 2.18. The van der Waals surface area contributed by atoms with Gasteiger partial charge in [-0.05, 0) is 38.7 Å². The molecule has 6 heteroatoms. The zero-order valence-corrected chi connectivity index (χ0v) is 12.6. The minimum atomic E-state index is 0.138. The Balaban J connectivity index is 1.68. The van der Waals surface area contributed by atoms with Crippen LogP contribution < -0.4 is 5.32 Å². The minimum absolute atomic E-state index is 0.138. The molecule has 1 aliphatic rings. The van der Waals surface area contributed by atoms with Crippen molar-refractivity contribution >= 4 is 11.7 Å². The molecule has 0 atom stereocenters. The van der Waals surface area contributed by atoms with Crippen LogP contribution >= 0.6 is 0 Å². The first-order valence-corrected chi connectivity index (χ1v) is 7.60. The third-order valence-corrected chi connectivity index (χ3v) is 4.31. The van der Waals surface area contributed by atoms with E-state index in [0.29, 0.717) is 24.7 Å². The fourth-order valence-corrected chi connectivity index (χ4v) is 3.13. The first-order valence-electron chi connectivity index (χ1n) is 7.60. The van der Waals surface area contributed by atoms with Crippen molar-refractivity contribution < 1.29 is 4.79 Å². The largest absolute Gasteiger partial charge is 0.353 e. The molecular formula is C15H21N5O. The number of hydrogen-bond donors (Lipinski definition) is 1. The summed E-state index contributed by atoms with van der Waals surface area (Å²) in [6.45, 7) is 3.96. The van der Waals surface area contributed by atoms with E-state index in [1.165, 1.54) is 19.2 Å². The van der Waals surface area contributed by atoms with Gasteiger partial charge in [-0.25, -0.2) is 9.50 Å². The lowest BCUT2D eigenvalue weighted by Gasteiger charge is -2.13. The summed E-state index contributed by atoms with van der Waals surface area (Å²) in [5.41, 5.74) is 3.04. The molecule has 0 radical (unpaired) electrons. The van der Waals surface area contributed by atoms with Crippen LogP contribution in [0.15, 0.2) is 6.33 Å². The molecule has 0 bridgehead atoms. The molecule has 112 valence electrons. The minimum Gasteiger partial charge on any atom is -0.353 e. The van der Waals surface area contributed by atoms with E-state index in [1.54, 1.807) is 4.52 Å². The van der Waals surface area contributed by atoms with E-state index in [9.17, 15) is 4.79 Å². The number of amides is 1. The lowest BCUT2D eigenvalue weighted by Crippen LogP contribution is -2.32. The Labute approximate surface area is 124 Å². The molecule has 0 unspecified atom stereocenters. The van der Waals surface area contributed by atoms with E-state index in [1.807, 2.05) is 13.8 Å². The standard InChI is InChI=1S/C15H21N5O/c1-10-13(11(2)20-15(18-10)16-9-17-20)7-8-14(21)19-12-5-3-4-6-12/h9,12H,3-8H2,1-2H3,(H,19,21). The number of fused-ring (bicyclic) bond motifs is 1. The first kappa shape index (κ1) is 14.0. The van der Waals surface area contributed by atoms with Gasteiger partial charge in [0, 0.05) is 23.9 Å². The highest BCUT2D eigenvalue weighted by molar-refractivity contribution is 5.76. The maximum atomic E-state index is 12.0. The van der Waals surface area contributed by atoms with Crippen LogP contribution in [0.5, 0.6) is 0 Å². The van der Waals surface area contributed by atoms with Gasteiger partial charge in [0.05, 0.1) is 0 Å². The SMILES string of the molecule is Cc1nc2ncnn2c(C)c1CCC(=O)NC1CCCC1. The molecule has 0 saturated heterocycles. The van der Waals surface area contributed by atoms with Crippen LogP contribution in [0.1, 0.15) is 49.1 Å². The maximum Gasteiger partial charge on any atom is 0.252 e. The highest BCUT2D eigenvalue weighted by Gasteiger charge is 2.18. The molecule has 3 rings (SSSR count). The van der Waals surface area contributed by atoms with Crippen molar-refractivity contribution in [3.05, 3.63) is 23.3 Å². The fraction of sp³-hybridized carbons (Fsp3) is 0.600. The van der Waals surface area contributed by atoms with Crippen molar-refractivity contribution in [2.75, 3.05) is 0 Å². The molecule has 1 fully saturated rings. The molecule has 2 heterocycles. The Hall–Kier alpha value is -1.98. The van der Waals surface area contributed by atoms with Crippen molar-refractivity contribution in [3.8, 4) is 0 Å². The van der Waals surface area contributed by atoms with Crippen LogP contribution in [0, 0.1) is 13.8 Å². The molecule has 0 spiro atoms. The van der Waals surface area contributed by atoms with Crippen LogP contribution in [0.25, 0.3) is 5.78 Å². The van der Waals surface area contributed by atoms with E-state index in [-0.39, 0.29) is 5.91 Å². The summed E-state index contributed by atoms with van der Waals surface area (Å²) in [6, 6.07) is 0.385. The smallest absolute Gasteiger partial charge is 0.252 e. The molecule has 1 saturated carbocycles. The Morgan fingerprint density at radius 1 is 1.38 bits per heavy atom. The van der Waals surface area contributed by atoms with E-state index < -0.39 is 0 Å². The molecule has 2 aromatic heterocycles. The van der Waals surface area contributed by atoms with Gasteiger partial charge in [0.2, 0.25) is 5.91 Å². The lowest BCUT2D eigenvalue weighted by atomic mass is 10.1. The predicted molar refractivity (Wildman–Crippen MR) is 79.0 cm³/mol. The normalized spacial score (nSPS) is 15.7. The summed E-state index contributed by atoms with van der Waals surface area (Å²) in [5.74, 6) is 0.753. The highest BCUT2D eigenvalue weighted by atomic mass is 16.1. The molecule has 0 aromatic carbocycles. The topological polar surface area (TPSA) is 72.2 Å². The van der Waals surface area contributed by atoms with Crippen molar-refractivity contribution in [3.63, 3.8) is 0 Å². The Morgan fingerprint density at radius 2 is 2.14 bits per heavy atom. The zero-order valence-electron chi connectivity index (χ0n) is 12.6. The quantitative estimate of drug-likeness (QED) is 0.929. The monoisotopic (exact) mass is 287 g/mol. The Kier molecular flexibility index (Phi) is 3.86. The lowest BCUT2D eigenvalue weighted by molar-refractivity contribution is -0.121. The predicted octanol–water partition coefficient (Wildman–Crippen LogP) is 1.73. The number of nitrogens with zero attached hydrogens (tertiary/aromatic N) is 4. The molecule has 1 amide bonds. The van der Waals surface area contributed by atoms with Gasteiger partial charge in [0.25, 0.3) is 5.78 Å². The van der Waals surface area contributed by atoms with Gasteiger partial charge in [-0.1, -0.05) is 12.8 Å². The molecule has 2 aromatic rings. The second-order valence-corrected chi connectivity index (χ2v) is 5.78. The number of aryl methyl sites for hydroxylation is 2. The Morgan fingerprint density at radius 3 is 2.90 bits per heavy atom. The van der Waals surface area contributed by atoms with Crippen LogP contribution in [-0.2, 0) is 11.2 Å². The van der Waals surface area contributed by atoms with Crippen LogP contribution in [-0.4, -0.2) is 31.5 Å². The van der Waals surface area contributed by atoms with Crippen LogP contribution in [0.3, 0.4) is 0 Å². The van der Waals surface area contributed by atoms with Gasteiger partial charge < -0.3 is 5.32 Å². The van der Waals surface area contributed by atoms with E-state index in [0.717, 1.165) is 29.8 Å². The number of carbonyl (C=O) groups is 1. The summed E-state index contributed by atoms with van der Waals surface area (Å²) < 4.78 is 1.73. The number of rotatable bonds is 4. The zero-order chi connectivity index (χ0) is 14.8. The third-order valence-electron chi connectivity index (χ3n) is 4.31. The molecule has 6 nitrogen and oxygen atoms in total. The second-order valence-electron chi connectivity index (χ2n) is 5.78. The Bertz CT molecular complexity index is 657. The van der Waals surface area contributed by atoms with Crippen molar-refractivity contribution in [1.29, 1.82) is 0 Å². The summed E-state index contributed by atoms with van der Waals surface area (Å²) in [7, 11) is 0. The van der Waals surface area contributed by atoms with Gasteiger partial charge >= 0.3 is 0 Å². The van der Waals surface area contributed by atoms with Gasteiger partial charge in [0.15, 0.2) is 0 Å². The fourth-order valence-electron chi connectivity index (χ4n) is 3.13. The third kappa shape index (κ3) is 2.89. The van der Waals surface area contributed by atoms with E-state index >= 15 is 0 Å². The van der Waals surface area contributed by atoms with E-state index in [4.69, 9.17) is 0 Å². The van der Waals surface area contributed by atoms with Gasteiger partial charge in [-0.2, -0.15) is 10.1 Å². The summed E-state index contributed by atoms with van der Waals surface area (Å²) in [6.07, 6.45) is 7.41. The molecule has 0 aliphatic heterocycles. The average molecular weight is 287 g/mol. The van der Waals surface area contributed by atoms with Gasteiger partial charge in [0.1, 0.15) is 6.33 Å². The number of nitrogens with one attached hydrogen (secondary N) is 1. The van der Waals surface area contributed by atoms with Crippen molar-refractivity contribution in [2.24, 2.45) is 0 Å². The average Bonchev–Trinajstić information content (AvgIpc) is 3.09. The molecule has 21 heavy (non-hydrogen) atoms. The van der Waals surface area contributed by atoms with E-state index in [2.05, 4.69) is 20.4 Å². The van der Waals surface area contributed by atoms with Crippen LogP contribution in [0.2, 0.25) is 0 Å². The number of aromatic nitrogens is 4. The van der Waals surface area contributed by atoms with Gasteiger partial charge in [-0.3, -0.25) is 4.79 Å². The first-order chi connectivity index (χ1) is 10.1. The van der Waals surface area contributed by atoms with Gasteiger partial charge in [-0.15, -0.1) is 0 Å².